The Morgan fingerprint density at radius 1 is 0.370 bits per heavy atom. The maximum absolute atomic E-state index is 2.60. The number of aryl methyl sites for hydroxylation is 1. The van der Waals surface area contributed by atoms with Gasteiger partial charge in [0.25, 0.3) is 6.71 Å². The van der Waals surface area contributed by atoms with Crippen molar-refractivity contribution in [2.24, 2.45) is 0 Å². The van der Waals surface area contributed by atoms with Gasteiger partial charge in [-0.05, 0) is 132 Å². The predicted molar refractivity (Wildman–Crippen MR) is 239 cm³/mol. The average molecular weight is 715 g/mol. The maximum Gasteiger partial charge on any atom is 0.252 e. The third kappa shape index (κ3) is 6.60. The van der Waals surface area contributed by atoms with Gasteiger partial charge in [-0.25, -0.2) is 0 Å². The second kappa shape index (κ2) is 12.4. The summed E-state index contributed by atoms with van der Waals surface area (Å²) in [6, 6.07) is 36.1. The van der Waals surface area contributed by atoms with E-state index in [2.05, 4.69) is 212 Å². The SMILES string of the molecule is Cc1cc2c3c(c1)N(c1cc(C(C)(C)C)cc(C(C)(C)C)c1)c1ccc(C(C)(C)C)cc1B3c1ccccc1N2c1cc(C(C)(C)C)cc(C(C)(C)C)c1. The van der Waals surface area contributed by atoms with Crippen molar-refractivity contribution in [3.63, 3.8) is 0 Å². The van der Waals surface area contributed by atoms with Crippen LogP contribution in [0.15, 0.2) is 91.0 Å². The van der Waals surface area contributed by atoms with Crippen LogP contribution in [0, 0.1) is 6.92 Å². The average Bonchev–Trinajstić information content (AvgIpc) is 3.05. The molecule has 0 amide bonds. The second-order valence-corrected chi connectivity index (χ2v) is 21.4. The molecule has 5 aromatic carbocycles. The normalized spacial score (nSPS) is 14.6. The Hall–Kier alpha value is -4.24. The van der Waals surface area contributed by atoms with Gasteiger partial charge in [-0.2, -0.15) is 0 Å². The molecule has 0 saturated carbocycles. The number of para-hydroxylation sites is 1. The highest BCUT2D eigenvalue weighted by molar-refractivity contribution is 7.00. The van der Waals surface area contributed by atoms with Gasteiger partial charge in [-0.3, -0.25) is 0 Å². The molecule has 5 aromatic rings. The minimum Gasteiger partial charge on any atom is -0.311 e. The van der Waals surface area contributed by atoms with E-state index in [0.717, 1.165) is 0 Å². The van der Waals surface area contributed by atoms with E-state index in [-0.39, 0.29) is 33.8 Å². The van der Waals surface area contributed by atoms with Crippen LogP contribution >= 0.6 is 0 Å². The molecule has 0 radical (unpaired) electrons. The molecule has 2 aliphatic heterocycles. The number of benzene rings is 5. The van der Waals surface area contributed by atoms with Gasteiger partial charge in [0.15, 0.2) is 0 Å². The van der Waals surface area contributed by atoms with E-state index in [1.165, 1.54) is 83.9 Å². The van der Waals surface area contributed by atoms with Crippen molar-refractivity contribution in [3.8, 4) is 0 Å². The van der Waals surface area contributed by atoms with Crippen LogP contribution in [-0.2, 0) is 27.1 Å². The zero-order valence-corrected chi connectivity index (χ0v) is 36.1. The van der Waals surface area contributed by atoms with Crippen LogP contribution in [0.5, 0.6) is 0 Å². The van der Waals surface area contributed by atoms with E-state index in [9.17, 15) is 0 Å². The Balaban J connectivity index is 1.61. The van der Waals surface area contributed by atoms with E-state index >= 15 is 0 Å². The number of nitrogens with zero attached hydrogens (tertiary/aromatic N) is 2. The lowest BCUT2D eigenvalue weighted by molar-refractivity contribution is 0.568. The molecule has 2 nitrogen and oxygen atoms in total. The van der Waals surface area contributed by atoms with Crippen molar-refractivity contribution in [1.29, 1.82) is 0 Å². The highest BCUT2D eigenvalue weighted by Crippen LogP contribution is 2.47. The summed E-state index contributed by atoms with van der Waals surface area (Å²) in [4.78, 5) is 5.19. The molecule has 54 heavy (non-hydrogen) atoms. The lowest BCUT2D eigenvalue weighted by atomic mass is 9.33. The Kier molecular flexibility index (Phi) is 8.73. The molecule has 0 spiro atoms. The molecule has 2 heterocycles. The molecule has 3 heteroatoms. The second-order valence-electron chi connectivity index (χ2n) is 21.4. The molecule has 0 aromatic heterocycles. The molecule has 0 atom stereocenters. The van der Waals surface area contributed by atoms with Crippen molar-refractivity contribution in [3.05, 3.63) is 124 Å². The van der Waals surface area contributed by atoms with Crippen LogP contribution < -0.4 is 26.2 Å². The van der Waals surface area contributed by atoms with E-state index < -0.39 is 0 Å². The Bertz CT molecular complexity index is 2190. The smallest absolute Gasteiger partial charge is 0.252 e. The number of hydrogen-bond acceptors (Lipinski definition) is 2. The first-order valence-corrected chi connectivity index (χ1v) is 20.1. The molecule has 280 valence electrons. The Morgan fingerprint density at radius 2 is 0.759 bits per heavy atom. The summed E-state index contributed by atoms with van der Waals surface area (Å²) in [7, 11) is 0. The van der Waals surface area contributed by atoms with Crippen LogP contribution in [0.2, 0.25) is 0 Å². The Labute approximate surface area is 328 Å². The van der Waals surface area contributed by atoms with Crippen LogP contribution in [0.25, 0.3) is 0 Å². The van der Waals surface area contributed by atoms with Gasteiger partial charge in [-0.15, -0.1) is 0 Å². The van der Waals surface area contributed by atoms with E-state index in [0.29, 0.717) is 0 Å². The van der Waals surface area contributed by atoms with Gasteiger partial charge in [0.1, 0.15) is 0 Å². The number of rotatable bonds is 2. The lowest BCUT2D eigenvalue weighted by Gasteiger charge is -2.45. The largest absolute Gasteiger partial charge is 0.311 e. The van der Waals surface area contributed by atoms with Crippen molar-refractivity contribution >= 4 is 57.2 Å². The fourth-order valence-corrected chi connectivity index (χ4v) is 8.32. The summed E-state index contributed by atoms with van der Waals surface area (Å²) in [5.74, 6) is 0. The van der Waals surface area contributed by atoms with Crippen molar-refractivity contribution in [1.82, 2.24) is 0 Å². The summed E-state index contributed by atoms with van der Waals surface area (Å²) >= 11 is 0. The molecule has 0 N–H and O–H groups in total. The monoisotopic (exact) mass is 715 g/mol. The molecular weight excluding hydrogens is 651 g/mol. The topological polar surface area (TPSA) is 6.48 Å². The van der Waals surface area contributed by atoms with Gasteiger partial charge in [0, 0.05) is 34.1 Å². The highest BCUT2D eigenvalue weighted by Gasteiger charge is 2.44. The quantitative estimate of drug-likeness (QED) is 0.165. The molecule has 0 fully saturated rings. The number of hydrogen-bond donors (Lipinski definition) is 0. The number of fused-ring (bicyclic) bond motifs is 4. The summed E-state index contributed by atoms with van der Waals surface area (Å²) in [5, 5.41) is 0. The minimum atomic E-state index is -0.00212. The summed E-state index contributed by atoms with van der Waals surface area (Å²) < 4.78 is 0. The highest BCUT2D eigenvalue weighted by atomic mass is 15.2. The maximum atomic E-state index is 2.60. The van der Waals surface area contributed by atoms with Gasteiger partial charge < -0.3 is 9.80 Å². The fourth-order valence-electron chi connectivity index (χ4n) is 8.32. The van der Waals surface area contributed by atoms with Gasteiger partial charge in [-0.1, -0.05) is 146 Å². The molecule has 0 bridgehead atoms. The molecule has 0 unspecified atom stereocenters. The van der Waals surface area contributed by atoms with E-state index in [1.807, 2.05) is 0 Å². The van der Waals surface area contributed by atoms with Gasteiger partial charge >= 0.3 is 0 Å². The van der Waals surface area contributed by atoms with E-state index in [4.69, 9.17) is 0 Å². The minimum absolute atomic E-state index is 0.00180. The fraction of sp³-hybridized carbons (Fsp3) is 0.412. The van der Waals surface area contributed by atoms with Crippen molar-refractivity contribution < 1.29 is 0 Å². The zero-order valence-electron chi connectivity index (χ0n) is 36.1. The molecule has 0 saturated heterocycles. The van der Waals surface area contributed by atoms with Gasteiger partial charge in [0.05, 0.1) is 0 Å². The summed E-state index contributed by atoms with van der Waals surface area (Å²) in [5.41, 5.74) is 19.8. The summed E-state index contributed by atoms with van der Waals surface area (Å²) in [6.07, 6.45) is 0. The predicted octanol–water partition coefficient (Wildman–Crippen LogP) is 12.6. The van der Waals surface area contributed by atoms with Crippen LogP contribution in [-0.4, -0.2) is 6.71 Å². The first-order valence-electron chi connectivity index (χ1n) is 20.1. The third-order valence-corrected chi connectivity index (χ3v) is 11.8. The van der Waals surface area contributed by atoms with Crippen molar-refractivity contribution in [2.45, 2.75) is 138 Å². The first-order chi connectivity index (χ1) is 24.8. The van der Waals surface area contributed by atoms with Crippen molar-refractivity contribution in [2.75, 3.05) is 9.80 Å². The van der Waals surface area contributed by atoms with E-state index in [1.54, 1.807) is 0 Å². The lowest BCUT2D eigenvalue weighted by Crippen LogP contribution is -2.61. The Morgan fingerprint density at radius 3 is 1.17 bits per heavy atom. The van der Waals surface area contributed by atoms with Crippen LogP contribution in [0.4, 0.5) is 34.1 Å². The molecular formula is C51H63BN2. The first kappa shape index (κ1) is 38.1. The standard InChI is InChI=1S/C51H63BN2/c1-32-23-44-46-45(24-32)54(39-29-36(50(11,12)13)26-37(30-39)51(14,15)16)43-22-21-33(47(2,3)4)31-41(43)52(46)40-19-17-18-20-42(40)53(44)38-27-34(48(5,6)7)25-35(28-38)49(8,9)10/h17-31H,1-16H3. The number of anilines is 6. The third-order valence-electron chi connectivity index (χ3n) is 11.8. The zero-order chi connectivity index (χ0) is 39.5. The molecule has 0 aliphatic carbocycles. The molecule has 7 rings (SSSR count). The van der Waals surface area contributed by atoms with Crippen LogP contribution in [0.1, 0.15) is 137 Å². The molecule has 2 aliphatic rings. The summed E-state index contributed by atoms with van der Waals surface area (Å²) in [6.45, 7) is 37.5. The van der Waals surface area contributed by atoms with Crippen LogP contribution in [0.3, 0.4) is 0 Å². The van der Waals surface area contributed by atoms with Gasteiger partial charge in [0.2, 0.25) is 0 Å².